The largest absolute Gasteiger partial charge is 0.395 e. The molecule has 4 nitrogen and oxygen atoms in total. The van der Waals surface area contributed by atoms with E-state index in [0.29, 0.717) is 12.5 Å². The van der Waals surface area contributed by atoms with Crippen LogP contribution < -0.4 is 5.73 Å². The summed E-state index contributed by atoms with van der Waals surface area (Å²) < 4.78 is 2.03. The fourth-order valence-electron chi connectivity index (χ4n) is 1.10. The van der Waals surface area contributed by atoms with Crippen molar-refractivity contribution in [1.82, 2.24) is 9.55 Å². The van der Waals surface area contributed by atoms with Crippen LogP contribution in [0.25, 0.3) is 0 Å². The van der Waals surface area contributed by atoms with Crippen molar-refractivity contribution in [3.8, 4) is 0 Å². The zero-order valence-corrected chi connectivity index (χ0v) is 8.14. The molecular weight excluding hydrogens is 166 g/mol. The smallest absolute Gasteiger partial charge is 0.0951 e. The Balaban J connectivity index is 2.58. The third kappa shape index (κ3) is 2.82. The molecule has 1 rings (SSSR count). The van der Waals surface area contributed by atoms with E-state index < -0.39 is 0 Å². The Morgan fingerprint density at radius 2 is 2.31 bits per heavy atom. The Bertz CT molecular complexity index is 257. The zero-order valence-electron chi connectivity index (χ0n) is 8.14. The highest BCUT2D eigenvalue weighted by Gasteiger charge is 2.06. The Morgan fingerprint density at radius 1 is 1.62 bits per heavy atom. The predicted octanol–water partition coefficient (Wildman–Crippen LogP) is 0.326. The fourth-order valence-corrected chi connectivity index (χ4v) is 1.10. The van der Waals surface area contributed by atoms with E-state index in [1.54, 1.807) is 6.33 Å². The van der Waals surface area contributed by atoms with Crippen molar-refractivity contribution in [2.24, 2.45) is 5.73 Å². The summed E-state index contributed by atoms with van der Waals surface area (Å²) in [6.07, 6.45) is 4.40. The van der Waals surface area contributed by atoms with Crippen LogP contribution in [0.3, 0.4) is 0 Å². The van der Waals surface area contributed by atoms with E-state index in [9.17, 15) is 0 Å². The minimum Gasteiger partial charge on any atom is -0.395 e. The van der Waals surface area contributed by atoms with Crippen molar-refractivity contribution in [1.29, 1.82) is 0 Å². The number of imidazole rings is 1. The van der Waals surface area contributed by atoms with Gasteiger partial charge in [0, 0.05) is 24.7 Å². The topological polar surface area (TPSA) is 64.1 Å². The number of aromatic nitrogens is 2. The first-order valence-electron chi connectivity index (χ1n) is 4.52. The van der Waals surface area contributed by atoms with E-state index in [1.807, 2.05) is 10.8 Å². The average Bonchev–Trinajstić information content (AvgIpc) is 2.52. The Kier molecular flexibility index (Phi) is 3.45. The second kappa shape index (κ2) is 4.39. The summed E-state index contributed by atoms with van der Waals surface area (Å²) in [4.78, 5) is 4.20. The number of aliphatic hydroxyl groups is 1. The maximum Gasteiger partial charge on any atom is 0.0951 e. The molecule has 4 heteroatoms. The lowest BCUT2D eigenvalue weighted by Crippen LogP contribution is -2.26. The van der Waals surface area contributed by atoms with Crippen LogP contribution >= 0.6 is 0 Å². The van der Waals surface area contributed by atoms with Gasteiger partial charge in [0.1, 0.15) is 0 Å². The summed E-state index contributed by atoms with van der Waals surface area (Å²) in [7, 11) is 0. The van der Waals surface area contributed by atoms with Crippen molar-refractivity contribution in [2.75, 3.05) is 6.61 Å². The average molecular weight is 183 g/mol. The first kappa shape index (κ1) is 10.2. The molecule has 1 aromatic heterocycles. The SMILES string of the molecule is CC(C)n1cnc(C[C@@H](N)CO)c1. The normalized spacial score (nSPS) is 13.6. The summed E-state index contributed by atoms with van der Waals surface area (Å²) in [5, 5.41) is 8.75. The van der Waals surface area contributed by atoms with Gasteiger partial charge in [0.15, 0.2) is 0 Å². The molecule has 13 heavy (non-hydrogen) atoms. The van der Waals surface area contributed by atoms with Gasteiger partial charge in [-0.3, -0.25) is 0 Å². The minimum atomic E-state index is -0.199. The van der Waals surface area contributed by atoms with Crippen LogP contribution in [0.5, 0.6) is 0 Å². The standard InChI is InChI=1S/C9H17N3O/c1-7(2)12-4-9(11-6-12)3-8(10)5-13/h4,6-8,13H,3,5,10H2,1-2H3/t8-/m1/s1. The molecule has 0 saturated heterocycles. The number of nitrogens with zero attached hydrogens (tertiary/aromatic N) is 2. The van der Waals surface area contributed by atoms with Gasteiger partial charge in [-0.05, 0) is 13.8 Å². The first-order valence-corrected chi connectivity index (χ1v) is 4.52. The minimum absolute atomic E-state index is 0.00847. The molecule has 0 fully saturated rings. The third-order valence-electron chi connectivity index (χ3n) is 1.96. The van der Waals surface area contributed by atoms with Crippen LogP contribution in [0, 0.1) is 0 Å². The molecule has 0 spiro atoms. The van der Waals surface area contributed by atoms with Gasteiger partial charge in [0.25, 0.3) is 0 Å². The van der Waals surface area contributed by atoms with E-state index in [4.69, 9.17) is 10.8 Å². The maximum absolute atomic E-state index is 8.75. The number of aliphatic hydroxyl groups excluding tert-OH is 1. The lowest BCUT2D eigenvalue weighted by molar-refractivity contribution is 0.264. The summed E-state index contributed by atoms with van der Waals surface area (Å²) >= 11 is 0. The zero-order chi connectivity index (χ0) is 9.84. The molecule has 3 N–H and O–H groups in total. The quantitative estimate of drug-likeness (QED) is 0.707. The monoisotopic (exact) mass is 183 g/mol. The third-order valence-corrected chi connectivity index (χ3v) is 1.96. The van der Waals surface area contributed by atoms with Crippen molar-refractivity contribution < 1.29 is 5.11 Å². The van der Waals surface area contributed by atoms with Gasteiger partial charge in [-0.15, -0.1) is 0 Å². The molecule has 0 saturated carbocycles. The maximum atomic E-state index is 8.75. The molecule has 0 radical (unpaired) electrons. The lowest BCUT2D eigenvalue weighted by atomic mass is 10.2. The van der Waals surface area contributed by atoms with E-state index in [-0.39, 0.29) is 12.6 Å². The highest BCUT2D eigenvalue weighted by molar-refractivity contribution is 5.00. The second-order valence-electron chi connectivity index (χ2n) is 3.55. The molecule has 0 aliphatic rings. The molecular formula is C9H17N3O. The molecule has 74 valence electrons. The van der Waals surface area contributed by atoms with E-state index in [1.165, 1.54) is 0 Å². The van der Waals surface area contributed by atoms with E-state index in [2.05, 4.69) is 18.8 Å². The van der Waals surface area contributed by atoms with E-state index in [0.717, 1.165) is 5.69 Å². The molecule has 1 atom stereocenters. The van der Waals surface area contributed by atoms with Crippen molar-refractivity contribution in [3.05, 3.63) is 18.2 Å². The van der Waals surface area contributed by atoms with Gasteiger partial charge in [-0.2, -0.15) is 0 Å². The molecule has 0 bridgehead atoms. The van der Waals surface area contributed by atoms with Crippen LogP contribution in [0.15, 0.2) is 12.5 Å². The Hall–Kier alpha value is -0.870. The van der Waals surface area contributed by atoms with Crippen LogP contribution in [0.1, 0.15) is 25.6 Å². The van der Waals surface area contributed by atoms with E-state index >= 15 is 0 Å². The summed E-state index contributed by atoms with van der Waals surface area (Å²) in [5.41, 5.74) is 6.53. The fraction of sp³-hybridized carbons (Fsp3) is 0.667. The summed E-state index contributed by atoms with van der Waals surface area (Å²) in [6.45, 7) is 4.20. The summed E-state index contributed by atoms with van der Waals surface area (Å²) in [5.74, 6) is 0. The van der Waals surface area contributed by atoms with Crippen molar-refractivity contribution in [2.45, 2.75) is 32.4 Å². The van der Waals surface area contributed by atoms with Crippen LogP contribution in [-0.4, -0.2) is 27.3 Å². The molecule has 0 aromatic carbocycles. The van der Waals surface area contributed by atoms with Gasteiger partial charge in [0.05, 0.1) is 18.6 Å². The number of rotatable bonds is 4. The number of hydrogen-bond acceptors (Lipinski definition) is 3. The van der Waals surface area contributed by atoms with Crippen molar-refractivity contribution in [3.63, 3.8) is 0 Å². The molecule has 0 aliphatic carbocycles. The highest BCUT2D eigenvalue weighted by atomic mass is 16.3. The van der Waals surface area contributed by atoms with Crippen LogP contribution in [0.4, 0.5) is 0 Å². The molecule has 1 heterocycles. The lowest BCUT2D eigenvalue weighted by Gasteiger charge is -2.05. The van der Waals surface area contributed by atoms with Gasteiger partial charge in [-0.1, -0.05) is 0 Å². The first-order chi connectivity index (χ1) is 6.13. The van der Waals surface area contributed by atoms with Crippen LogP contribution in [0.2, 0.25) is 0 Å². The Labute approximate surface area is 78.4 Å². The number of nitrogens with two attached hydrogens (primary N) is 1. The van der Waals surface area contributed by atoms with Crippen LogP contribution in [-0.2, 0) is 6.42 Å². The summed E-state index contributed by atoms with van der Waals surface area (Å²) in [6, 6.07) is 0.224. The number of hydrogen-bond donors (Lipinski definition) is 2. The van der Waals surface area contributed by atoms with Gasteiger partial charge < -0.3 is 15.4 Å². The molecule has 1 aromatic rings. The van der Waals surface area contributed by atoms with Gasteiger partial charge in [-0.25, -0.2) is 4.98 Å². The van der Waals surface area contributed by atoms with Gasteiger partial charge in [0.2, 0.25) is 0 Å². The second-order valence-corrected chi connectivity index (χ2v) is 3.55. The highest BCUT2D eigenvalue weighted by Crippen LogP contribution is 2.06. The predicted molar refractivity (Wildman–Crippen MR) is 51.4 cm³/mol. The molecule has 0 aliphatic heterocycles. The van der Waals surface area contributed by atoms with Gasteiger partial charge >= 0.3 is 0 Å². The van der Waals surface area contributed by atoms with Crippen molar-refractivity contribution >= 4 is 0 Å². The molecule has 0 amide bonds. The Morgan fingerprint density at radius 3 is 2.77 bits per heavy atom. The molecule has 0 unspecified atom stereocenters.